The Labute approximate surface area is 128 Å². The van der Waals surface area contributed by atoms with Gasteiger partial charge in [-0.05, 0) is 30.9 Å². The molecule has 4 heteroatoms. The second kappa shape index (κ2) is 7.17. The number of carbonyl (C=O) groups is 1. The summed E-state index contributed by atoms with van der Waals surface area (Å²) in [6, 6.07) is 0.509. The van der Waals surface area contributed by atoms with Gasteiger partial charge in [0.15, 0.2) is 0 Å². The summed E-state index contributed by atoms with van der Waals surface area (Å²) in [5, 5.41) is 4.24. The van der Waals surface area contributed by atoms with E-state index in [1.165, 1.54) is 19.3 Å². The standard InChI is InChI=1S/C16H30N2OS/c1-5-8-12-16(19)18(15(17-12)11(3)4)13-9-7-10-14(13)20-6-2/h11-15,17H,5-10H2,1-4H3. The second-order valence-corrected chi connectivity index (χ2v) is 7.95. The van der Waals surface area contributed by atoms with Crippen LogP contribution in [-0.4, -0.2) is 40.1 Å². The minimum absolute atomic E-state index is 0.0558. The van der Waals surface area contributed by atoms with Gasteiger partial charge < -0.3 is 4.90 Å². The lowest BCUT2D eigenvalue weighted by molar-refractivity contribution is -0.132. The highest BCUT2D eigenvalue weighted by atomic mass is 32.2. The van der Waals surface area contributed by atoms with Gasteiger partial charge in [-0.25, -0.2) is 0 Å². The number of hydrogen-bond donors (Lipinski definition) is 1. The van der Waals surface area contributed by atoms with Gasteiger partial charge in [0.25, 0.3) is 0 Å². The van der Waals surface area contributed by atoms with Crippen LogP contribution >= 0.6 is 11.8 Å². The Morgan fingerprint density at radius 3 is 2.70 bits per heavy atom. The molecule has 1 heterocycles. The molecule has 1 aliphatic heterocycles. The van der Waals surface area contributed by atoms with E-state index in [0.717, 1.165) is 18.6 Å². The number of rotatable bonds is 6. The van der Waals surface area contributed by atoms with E-state index >= 15 is 0 Å². The van der Waals surface area contributed by atoms with Crippen molar-refractivity contribution in [2.45, 2.75) is 83.3 Å². The van der Waals surface area contributed by atoms with E-state index in [1.54, 1.807) is 0 Å². The normalized spacial score (nSPS) is 34.5. The number of amides is 1. The molecule has 1 amide bonds. The molecule has 1 N–H and O–H groups in total. The molecule has 0 aromatic carbocycles. The van der Waals surface area contributed by atoms with E-state index in [-0.39, 0.29) is 12.2 Å². The number of nitrogens with one attached hydrogen (secondary N) is 1. The van der Waals surface area contributed by atoms with Crippen molar-refractivity contribution >= 4 is 17.7 Å². The first-order chi connectivity index (χ1) is 9.60. The van der Waals surface area contributed by atoms with Crippen molar-refractivity contribution in [3.8, 4) is 0 Å². The highest BCUT2D eigenvalue weighted by Gasteiger charge is 2.46. The molecule has 2 fully saturated rings. The van der Waals surface area contributed by atoms with Crippen molar-refractivity contribution in [2.75, 3.05) is 5.75 Å². The largest absolute Gasteiger partial charge is 0.321 e. The van der Waals surface area contributed by atoms with Crippen molar-refractivity contribution < 1.29 is 4.79 Å². The van der Waals surface area contributed by atoms with E-state index in [4.69, 9.17) is 0 Å². The lowest BCUT2D eigenvalue weighted by Gasteiger charge is -2.35. The Balaban J connectivity index is 2.15. The van der Waals surface area contributed by atoms with Crippen LogP contribution in [0.2, 0.25) is 0 Å². The number of thioether (sulfide) groups is 1. The summed E-state index contributed by atoms with van der Waals surface area (Å²) in [5.74, 6) is 1.99. The van der Waals surface area contributed by atoms with Gasteiger partial charge in [-0.3, -0.25) is 10.1 Å². The molecule has 1 aliphatic carbocycles. The molecule has 0 radical (unpaired) electrons. The summed E-state index contributed by atoms with van der Waals surface area (Å²) in [7, 11) is 0. The summed E-state index contributed by atoms with van der Waals surface area (Å²) in [6.07, 6.45) is 6.01. The van der Waals surface area contributed by atoms with Crippen molar-refractivity contribution in [3.63, 3.8) is 0 Å². The van der Waals surface area contributed by atoms with Crippen molar-refractivity contribution in [1.29, 1.82) is 0 Å². The maximum Gasteiger partial charge on any atom is 0.241 e. The lowest BCUT2D eigenvalue weighted by Crippen LogP contribution is -2.49. The Morgan fingerprint density at radius 2 is 2.10 bits per heavy atom. The lowest BCUT2D eigenvalue weighted by atomic mass is 10.1. The average Bonchev–Trinajstić information content (AvgIpc) is 2.96. The summed E-state index contributed by atoms with van der Waals surface area (Å²) < 4.78 is 0. The maximum absolute atomic E-state index is 12.8. The van der Waals surface area contributed by atoms with E-state index in [0.29, 0.717) is 23.1 Å². The van der Waals surface area contributed by atoms with Crippen LogP contribution in [-0.2, 0) is 4.79 Å². The first kappa shape index (κ1) is 16.2. The summed E-state index contributed by atoms with van der Waals surface area (Å²) in [5.41, 5.74) is 0. The maximum atomic E-state index is 12.8. The Morgan fingerprint density at radius 1 is 1.35 bits per heavy atom. The number of nitrogens with zero attached hydrogens (tertiary/aromatic N) is 1. The van der Waals surface area contributed by atoms with Crippen LogP contribution in [0.1, 0.15) is 59.8 Å². The van der Waals surface area contributed by atoms with Gasteiger partial charge in [-0.1, -0.05) is 40.5 Å². The van der Waals surface area contributed by atoms with E-state index in [1.807, 2.05) is 11.8 Å². The zero-order chi connectivity index (χ0) is 14.7. The van der Waals surface area contributed by atoms with Crippen LogP contribution in [0.5, 0.6) is 0 Å². The molecule has 2 rings (SSSR count). The molecule has 0 spiro atoms. The molecule has 0 aromatic rings. The zero-order valence-electron chi connectivity index (χ0n) is 13.4. The van der Waals surface area contributed by atoms with Gasteiger partial charge >= 0.3 is 0 Å². The van der Waals surface area contributed by atoms with Gasteiger partial charge in [0.1, 0.15) is 0 Å². The monoisotopic (exact) mass is 298 g/mol. The third-order valence-corrected chi connectivity index (χ3v) is 5.90. The molecule has 0 bridgehead atoms. The number of hydrogen-bond acceptors (Lipinski definition) is 3. The van der Waals surface area contributed by atoms with E-state index < -0.39 is 0 Å². The average molecular weight is 298 g/mol. The third kappa shape index (κ3) is 3.16. The minimum Gasteiger partial charge on any atom is -0.321 e. The second-order valence-electron chi connectivity index (χ2n) is 6.43. The molecule has 1 saturated heterocycles. The Bertz CT molecular complexity index is 334. The highest BCUT2D eigenvalue weighted by Crippen LogP contribution is 2.37. The van der Waals surface area contributed by atoms with Crippen LogP contribution in [0, 0.1) is 5.92 Å². The van der Waals surface area contributed by atoms with Crippen LogP contribution < -0.4 is 5.32 Å². The van der Waals surface area contributed by atoms with Gasteiger partial charge in [-0.15, -0.1) is 0 Å². The van der Waals surface area contributed by atoms with Crippen LogP contribution in [0.3, 0.4) is 0 Å². The molecule has 0 aromatic heterocycles. The summed E-state index contributed by atoms with van der Waals surface area (Å²) in [6.45, 7) is 8.84. The molecule has 1 saturated carbocycles. The van der Waals surface area contributed by atoms with Gasteiger partial charge in [-0.2, -0.15) is 11.8 Å². The first-order valence-corrected chi connectivity index (χ1v) is 9.34. The van der Waals surface area contributed by atoms with Crippen molar-refractivity contribution in [2.24, 2.45) is 5.92 Å². The van der Waals surface area contributed by atoms with Crippen LogP contribution in [0.4, 0.5) is 0 Å². The topological polar surface area (TPSA) is 32.3 Å². The van der Waals surface area contributed by atoms with E-state index in [2.05, 4.69) is 37.9 Å². The quantitative estimate of drug-likeness (QED) is 0.817. The van der Waals surface area contributed by atoms with Crippen LogP contribution in [0.25, 0.3) is 0 Å². The van der Waals surface area contributed by atoms with Crippen molar-refractivity contribution in [1.82, 2.24) is 10.2 Å². The van der Waals surface area contributed by atoms with Gasteiger partial charge in [0.2, 0.25) is 5.91 Å². The van der Waals surface area contributed by atoms with Crippen LogP contribution in [0.15, 0.2) is 0 Å². The fourth-order valence-electron chi connectivity index (χ4n) is 3.69. The fourth-order valence-corrected chi connectivity index (χ4v) is 4.94. The predicted octanol–water partition coefficient (Wildman–Crippen LogP) is 3.24. The predicted molar refractivity (Wildman–Crippen MR) is 86.9 cm³/mol. The zero-order valence-corrected chi connectivity index (χ0v) is 14.2. The number of carbonyl (C=O) groups excluding carboxylic acids is 1. The smallest absolute Gasteiger partial charge is 0.241 e. The first-order valence-electron chi connectivity index (χ1n) is 8.29. The summed E-state index contributed by atoms with van der Waals surface area (Å²) in [4.78, 5) is 15.0. The highest BCUT2D eigenvalue weighted by molar-refractivity contribution is 7.99. The molecular formula is C16H30N2OS. The molecule has 4 unspecified atom stereocenters. The molecule has 116 valence electrons. The molecule has 4 atom stereocenters. The third-order valence-electron chi connectivity index (χ3n) is 4.59. The fraction of sp³-hybridized carbons (Fsp3) is 0.938. The molecule has 20 heavy (non-hydrogen) atoms. The van der Waals surface area contributed by atoms with Gasteiger partial charge in [0, 0.05) is 11.3 Å². The van der Waals surface area contributed by atoms with Crippen molar-refractivity contribution in [3.05, 3.63) is 0 Å². The summed E-state index contributed by atoms with van der Waals surface area (Å²) >= 11 is 2.04. The molecule has 2 aliphatic rings. The van der Waals surface area contributed by atoms with Gasteiger partial charge in [0.05, 0.1) is 12.2 Å². The molecular weight excluding hydrogens is 268 g/mol. The van der Waals surface area contributed by atoms with E-state index in [9.17, 15) is 4.79 Å². The SMILES string of the molecule is CCCC1NC(C(C)C)N(C2CCCC2SCC)C1=O. The Hall–Kier alpha value is -0.220. The Kier molecular flexibility index (Phi) is 5.79. The minimum atomic E-state index is 0.0558. The molecule has 3 nitrogen and oxygen atoms in total.